The van der Waals surface area contributed by atoms with Gasteiger partial charge in [-0.3, -0.25) is 0 Å². The molecule has 0 aliphatic rings. The first-order chi connectivity index (χ1) is 18.4. The van der Waals surface area contributed by atoms with Gasteiger partial charge in [-0.15, -0.1) is 4.98 Å². The molecule has 10 nitrogen and oxygen atoms in total. The number of rotatable bonds is 9. The van der Waals surface area contributed by atoms with Crippen LogP contribution in [0.4, 0.5) is 4.39 Å². The maximum absolute atomic E-state index is 13.4. The molecule has 2 aromatic carbocycles. The lowest BCUT2D eigenvalue weighted by Gasteiger charge is -2.11. The largest absolute Gasteiger partial charge is 0.497 e. The first-order valence-corrected chi connectivity index (χ1v) is 11.9. The molecule has 0 fully saturated rings. The van der Waals surface area contributed by atoms with Crippen molar-refractivity contribution in [2.75, 3.05) is 14.2 Å². The fraction of sp³-hybridized carbons (Fsp3) is 0.160. The van der Waals surface area contributed by atoms with Crippen molar-refractivity contribution in [3.63, 3.8) is 0 Å². The van der Waals surface area contributed by atoms with E-state index in [1.54, 1.807) is 42.5 Å². The minimum absolute atomic E-state index is 0.0463. The molecule has 0 aliphatic carbocycles. The molecule has 5 rings (SSSR count). The lowest BCUT2D eigenvalue weighted by molar-refractivity contribution is 0.388. The number of aromatic nitrogens is 6. The summed E-state index contributed by atoms with van der Waals surface area (Å²) in [7, 11) is 3.07. The number of imidazole rings is 1. The summed E-state index contributed by atoms with van der Waals surface area (Å²) >= 11 is 12.7. The number of ether oxygens (including phenoxy) is 4. The first kappa shape index (κ1) is 25.4. The topological polar surface area (TPSA) is 117 Å². The predicted octanol–water partition coefficient (Wildman–Crippen LogP) is 5.98. The molecule has 0 amide bonds. The monoisotopic (exact) mass is 556 g/mol. The minimum atomic E-state index is -0.606. The molecule has 0 radical (unpaired) electrons. The number of fused-ring (bicyclic) bond motifs is 1. The summed E-state index contributed by atoms with van der Waals surface area (Å²) in [5, 5.41) is 0.600. The van der Waals surface area contributed by atoms with E-state index in [0.29, 0.717) is 63.1 Å². The molecule has 0 saturated heterocycles. The molecule has 194 valence electrons. The van der Waals surface area contributed by atoms with Crippen LogP contribution in [0.1, 0.15) is 11.6 Å². The minimum Gasteiger partial charge on any atom is -0.497 e. The van der Waals surface area contributed by atoms with E-state index in [-0.39, 0.29) is 17.7 Å². The number of pyridine rings is 1. The van der Waals surface area contributed by atoms with E-state index in [1.165, 1.54) is 20.3 Å². The van der Waals surface area contributed by atoms with Gasteiger partial charge in [0.2, 0.25) is 5.95 Å². The van der Waals surface area contributed by atoms with E-state index >= 15 is 0 Å². The molecule has 3 heterocycles. The van der Waals surface area contributed by atoms with Gasteiger partial charge in [0, 0.05) is 25.0 Å². The van der Waals surface area contributed by atoms with Crippen molar-refractivity contribution in [2.45, 2.75) is 12.8 Å². The summed E-state index contributed by atoms with van der Waals surface area (Å²) in [6.45, 7) is 0. The van der Waals surface area contributed by atoms with Crippen molar-refractivity contribution in [2.24, 2.45) is 0 Å². The molecule has 1 N–H and O–H groups in total. The van der Waals surface area contributed by atoms with Gasteiger partial charge < -0.3 is 23.9 Å². The van der Waals surface area contributed by atoms with Gasteiger partial charge in [-0.1, -0.05) is 23.2 Å². The quantitative estimate of drug-likeness (QED) is 0.219. The molecule has 0 spiro atoms. The van der Waals surface area contributed by atoms with Gasteiger partial charge in [0.25, 0.3) is 0 Å². The Labute approximate surface area is 225 Å². The number of halogens is 3. The van der Waals surface area contributed by atoms with Gasteiger partial charge in [0.15, 0.2) is 5.65 Å². The standard InChI is InChI=1S/C25H19Cl2FN6O4/c1-35-13-3-6-18(15(26)11-13)37-24-32-22(10-9-21-29-17-5-8-20(28)30-23(17)31-21)33-25(34-24)38-19-7-4-14(36-2)12-16(19)27/h3-8,11-12H,9-10H2,1-2H3,(H,29,30,31). The zero-order chi connectivity index (χ0) is 26.6. The van der Waals surface area contributed by atoms with E-state index in [9.17, 15) is 4.39 Å². The zero-order valence-corrected chi connectivity index (χ0v) is 21.5. The van der Waals surface area contributed by atoms with Gasteiger partial charge in [-0.25, -0.2) is 4.98 Å². The maximum atomic E-state index is 13.4. The Morgan fingerprint density at radius 3 is 1.89 bits per heavy atom. The summed E-state index contributed by atoms with van der Waals surface area (Å²) in [5.74, 6) is 2.07. The summed E-state index contributed by atoms with van der Waals surface area (Å²) in [5.41, 5.74) is 0.903. The van der Waals surface area contributed by atoms with E-state index < -0.39 is 5.95 Å². The Hall–Kier alpha value is -4.22. The number of methoxy groups -OCH3 is 2. The number of benzene rings is 2. The van der Waals surface area contributed by atoms with Gasteiger partial charge in [0.1, 0.15) is 34.6 Å². The molecule has 5 aromatic rings. The van der Waals surface area contributed by atoms with Gasteiger partial charge in [0.05, 0.1) is 29.8 Å². The van der Waals surface area contributed by atoms with Gasteiger partial charge in [-0.2, -0.15) is 19.3 Å². The zero-order valence-electron chi connectivity index (χ0n) is 20.0. The molecular formula is C25H19Cl2FN6O4. The molecule has 0 unspecified atom stereocenters. The lowest BCUT2D eigenvalue weighted by atomic mass is 10.3. The molecule has 38 heavy (non-hydrogen) atoms. The van der Waals surface area contributed by atoms with Gasteiger partial charge >= 0.3 is 12.0 Å². The second kappa shape index (κ2) is 11.0. The lowest BCUT2D eigenvalue weighted by Crippen LogP contribution is -2.05. The van der Waals surface area contributed by atoms with Gasteiger partial charge in [-0.05, 0) is 36.4 Å². The van der Waals surface area contributed by atoms with Crippen LogP contribution in [-0.2, 0) is 12.8 Å². The number of nitrogens with zero attached hydrogens (tertiary/aromatic N) is 5. The van der Waals surface area contributed by atoms with Crippen LogP contribution in [0.2, 0.25) is 10.0 Å². The van der Waals surface area contributed by atoms with Crippen molar-refractivity contribution in [3.05, 3.63) is 76.2 Å². The van der Waals surface area contributed by atoms with Crippen molar-refractivity contribution in [3.8, 4) is 35.0 Å². The van der Waals surface area contributed by atoms with Crippen molar-refractivity contribution in [1.29, 1.82) is 0 Å². The average Bonchev–Trinajstić information content (AvgIpc) is 3.31. The molecule has 13 heteroatoms. The van der Waals surface area contributed by atoms with Crippen molar-refractivity contribution < 1.29 is 23.3 Å². The van der Waals surface area contributed by atoms with Crippen LogP contribution in [0.5, 0.6) is 35.0 Å². The smallest absolute Gasteiger partial charge is 0.328 e. The predicted molar refractivity (Wildman–Crippen MR) is 137 cm³/mol. The highest BCUT2D eigenvalue weighted by atomic mass is 35.5. The summed E-state index contributed by atoms with van der Waals surface area (Å²) in [6, 6.07) is 12.6. The van der Waals surface area contributed by atoms with Crippen LogP contribution in [0.3, 0.4) is 0 Å². The Bertz CT molecular complexity index is 1540. The normalized spacial score (nSPS) is 11.0. The second-order valence-electron chi connectivity index (χ2n) is 7.80. The third-order valence-electron chi connectivity index (χ3n) is 5.27. The van der Waals surface area contributed by atoms with Crippen LogP contribution in [-0.4, -0.2) is 44.1 Å². The van der Waals surface area contributed by atoms with E-state index in [0.717, 1.165) is 0 Å². The van der Waals surface area contributed by atoms with Crippen molar-refractivity contribution >= 4 is 34.4 Å². The SMILES string of the molecule is COc1ccc(Oc2nc(CCc3nc4nc(F)ccc4[nH]3)nc(Oc3ccc(OC)cc3Cl)n2)c(Cl)c1. The fourth-order valence-corrected chi connectivity index (χ4v) is 3.85. The highest BCUT2D eigenvalue weighted by molar-refractivity contribution is 6.32. The maximum Gasteiger partial charge on any atom is 0.328 e. The Balaban J connectivity index is 1.43. The summed E-state index contributed by atoms with van der Waals surface area (Å²) in [4.78, 5) is 24.3. The highest BCUT2D eigenvalue weighted by Gasteiger charge is 2.15. The number of aromatic amines is 1. The molecule has 0 bridgehead atoms. The molecule has 0 aliphatic heterocycles. The van der Waals surface area contributed by atoms with E-state index in [4.69, 9.17) is 42.1 Å². The molecular weight excluding hydrogens is 538 g/mol. The summed E-state index contributed by atoms with van der Waals surface area (Å²) < 4.78 is 35.5. The number of hydrogen-bond donors (Lipinski definition) is 1. The van der Waals surface area contributed by atoms with Crippen molar-refractivity contribution in [1.82, 2.24) is 29.9 Å². The van der Waals surface area contributed by atoms with E-state index in [1.807, 2.05) is 0 Å². The number of nitrogens with one attached hydrogen (secondary N) is 1. The fourth-order valence-electron chi connectivity index (χ4n) is 3.43. The highest BCUT2D eigenvalue weighted by Crippen LogP contribution is 2.34. The number of aryl methyl sites for hydroxylation is 2. The van der Waals surface area contributed by atoms with Crippen LogP contribution in [0.15, 0.2) is 48.5 Å². The third kappa shape index (κ3) is 5.84. The Kier molecular flexibility index (Phi) is 7.38. The third-order valence-corrected chi connectivity index (χ3v) is 5.86. The second-order valence-corrected chi connectivity index (χ2v) is 8.62. The van der Waals surface area contributed by atoms with Crippen LogP contribution in [0, 0.1) is 5.95 Å². The number of hydrogen-bond acceptors (Lipinski definition) is 9. The van der Waals surface area contributed by atoms with Crippen LogP contribution in [0.25, 0.3) is 11.2 Å². The first-order valence-electron chi connectivity index (χ1n) is 11.2. The summed E-state index contributed by atoms with van der Waals surface area (Å²) in [6.07, 6.45) is 0.720. The Morgan fingerprint density at radius 2 is 1.34 bits per heavy atom. The molecule has 0 atom stereocenters. The molecule has 3 aromatic heterocycles. The Morgan fingerprint density at radius 1 is 0.737 bits per heavy atom. The average molecular weight is 557 g/mol. The van der Waals surface area contributed by atoms with E-state index in [2.05, 4.69) is 29.9 Å². The van der Waals surface area contributed by atoms with Crippen LogP contribution < -0.4 is 18.9 Å². The molecule has 0 saturated carbocycles. The van der Waals surface area contributed by atoms with Crippen LogP contribution >= 0.6 is 23.2 Å². The number of H-pyrrole nitrogens is 1.